The Kier molecular flexibility index (Phi) is 2.99. The van der Waals surface area contributed by atoms with Crippen LogP contribution in [0, 0.1) is 6.92 Å². The fourth-order valence-electron chi connectivity index (χ4n) is 1.42. The van der Waals surface area contributed by atoms with Crippen molar-refractivity contribution >= 4 is 15.9 Å². The first-order chi connectivity index (χ1) is 7.88. The van der Waals surface area contributed by atoms with Crippen LogP contribution >= 0.6 is 15.9 Å². The minimum Gasteiger partial charge on any atom is -0.438 e. The third-order valence-corrected chi connectivity index (χ3v) is 2.63. The van der Waals surface area contributed by atoms with Gasteiger partial charge in [-0.1, -0.05) is 28.1 Å². The van der Waals surface area contributed by atoms with Crippen molar-refractivity contribution in [2.24, 2.45) is 0 Å². The highest BCUT2D eigenvalue weighted by Gasteiger charge is 2.38. The molecule has 0 atom stereocenters. The monoisotopic (exact) mass is 305 g/mol. The van der Waals surface area contributed by atoms with Crippen molar-refractivity contribution in [3.8, 4) is 11.3 Å². The molecule has 1 heterocycles. The molecule has 0 amide bonds. The number of halogens is 4. The average Bonchev–Trinajstić information content (AvgIpc) is 2.60. The van der Waals surface area contributed by atoms with Gasteiger partial charge in [0, 0.05) is 10.0 Å². The maximum atomic E-state index is 12.4. The lowest BCUT2D eigenvalue weighted by molar-refractivity contribution is -0.157. The van der Waals surface area contributed by atoms with Gasteiger partial charge in [0.25, 0.3) is 0 Å². The first kappa shape index (κ1) is 12.2. The van der Waals surface area contributed by atoms with Crippen molar-refractivity contribution in [2.75, 3.05) is 0 Å². The summed E-state index contributed by atoms with van der Waals surface area (Å²) in [6.45, 7) is 1.46. The molecular formula is C11H7BrF3NO. The lowest BCUT2D eigenvalue weighted by atomic mass is 10.1. The molecule has 2 rings (SSSR count). The van der Waals surface area contributed by atoms with E-state index >= 15 is 0 Å². The van der Waals surface area contributed by atoms with Gasteiger partial charge in [-0.3, -0.25) is 0 Å². The number of oxazole rings is 1. The molecule has 0 aliphatic rings. The largest absolute Gasteiger partial charge is 0.468 e. The van der Waals surface area contributed by atoms with E-state index in [4.69, 9.17) is 0 Å². The second-order valence-electron chi connectivity index (χ2n) is 3.43. The quantitative estimate of drug-likeness (QED) is 0.779. The van der Waals surface area contributed by atoms with Crippen LogP contribution in [0.3, 0.4) is 0 Å². The Morgan fingerprint density at radius 1 is 1.29 bits per heavy atom. The molecule has 0 aliphatic heterocycles. The van der Waals surface area contributed by atoms with Crippen LogP contribution in [-0.2, 0) is 6.18 Å². The smallest absolute Gasteiger partial charge is 0.438 e. The molecule has 1 aromatic carbocycles. The van der Waals surface area contributed by atoms with E-state index in [1.165, 1.54) is 6.92 Å². The van der Waals surface area contributed by atoms with E-state index in [1.54, 1.807) is 24.3 Å². The molecular weight excluding hydrogens is 299 g/mol. The fourth-order valence-corrected chi connectivity index (χ4v) is 1.82. The number of aryl methyl sites for hydroxylation is 1. The van der Waals surface area contributed by atoms with Gasteiger partial charge in [-0.25, -0.2) is 4.98 Å². The molecule has 6 heteroatoms. The predicted octanol–water partition coefficient (Wildman–Crippen LogP) is 4.43. The van der Waals surface area contributed by atoms with Crippen molar-refractivity contribution in [3.63, 3.8) is 0 Å². The number of hydrogen-bond donors (Lipinski definition) is 0. The topological polar surface area (TPSA) is 26.0 Å². The van der Waals surface area contributed by atoms with Crippen LogP contribution in [0.2, 0.25) is 0 Å². The number of hydrogen-bond acceptors (Lipinski definition) is 2. The van der Waals surface area contributed by atoms with Gasteiger partial charge >= 0.3 is 12.1 Å². The van der Waals surface area contributed by atoms with Crippen LogP contribution in [0.4, 0.5) is 13.2 Å². The Morgan fingerprint density at radius 3 is 2.53 bits per heavy atom. The van der Waals surface area contributed by atoms with Crippen molar-refractivity contribution in [2.45, 2.75) is 13.1 Å². The zero-order valence-corrected chi connectivity index (χ0v) is 10.3. The summed E-state index contributed by atoms with van der Waals surface area (Å²) in [6.07, 6.45) is -4.56. The second kappa shape index (κ2) is 4.18. The molecule has 0 bridgehead atoms. The highest BCUT2D eigenvalue weighted by atomic mass is 79.9. The van der Waals surface area contributed by atoms with E-state index in [2.05, 4.69) is 25.3 Å². The maximum absolute atomic E-state index is 12.4. The van der Waals surface area contributed by atoms with Crippen molar-refractivity contribution in [1.82, 2.24) is 4.98 Å². The van der Waals surface area contributed by atoms with Gasteiger partial charge in [0.2, 0.25) is 0 Å². The van der Waals surface area contributed by atoms with Gasteiger partial charge in [0.15, 0.2) is 0 Å². The summed E-state index contributed by atoms with van der Waals surface area (Å²) >= 11 is 3.25. The van der Waals surface area contributed by atoms with Gasteiger partial charge < -0.3 is 4.42 Å². The minimum atomic E-state index is -4.56. The third-order valence-electron chi connectivity index (χ3n) is 2.14. The van der Waals surface area contributed by atoms with Crippen LogP contribution < -0.4 is 0 Å². The van der Waals surface area contributed by atoms with Crippen molar-refractivity contribution < 1.29 is 17.6 Å². The molecule has 0 radical (unpaired) electrons. The van der Waals surface area contributed by atoms with Gasteiger partial charge in [0.1, 0.15) is 11.5 Å². The summed E-state index contributed by atoms with van der Waals surface area (Å²) in [5.41, 5.74) is 0.787. The number of nitrogens with zero attached hydrogens (tertiary/aromatic N) is 1. The molecule has 1 aromatic heterocycles. The minimum absolute atomic E-state index is 0.149. The molecule has 2 nitrogen and oxygen atoms in total. The Balaban J connectivity index is 2.50. The zero-order chi connectivity index (χ0) is 12.6. The molecule has 17 heavy (non-hydrogen) atoms. The Labute approximate surface area is 104 Å². The summed E-state index contributed by atoms with van der Waals surface area (Å²) in [5.74, 6) is -1.07. The maximum Gasteiger partial charge on any atom is 0.468 e. The van der Waals surface area contributed by atoms with Crippen LogP contribution in [0.25, 0.3) is 11.3 Å². The Bertz CT molecular complexity index is 548. The lowest BCUT2D eigenvalue weighted by Crippen LogP contribution is -2.04. The van der Waals surface area contributed by atoms with Gasteiger partial charge in [-0.2, -0.15) is 13.2 Å². The molecule has 0 saturated heterocycles. The van der Waals surface area contributed by atoms with Crippen LogP contribution in [0.1, 0.15) is 11.7 Å². The highest BCUT2D eigenvalue weighted by molar-refractivity contribution is 9.10. The Morgan fingerprint density at radius 2 is 2.00 bits per heavy atom. The summed E-state index contributed by atoms with van der Waals surface area (Å²) in [7, 11) is 0. The summed E-state index contributed by atoms with van der Waals surface area (Å²) in [4.78, 5) is 3.48. The van der Waals surface area contributed by atoms with Crippen LogP contribution in [-0.4, -0.2) is 4.98 Å². The van der Waals surface area contributed by atoms with E-state index in [0.717, 1.165) is 4.47 Å². The fraction of sp³-hybridized carbons (Fsp3) is 0.182. The average molecular weight is 306 g/mol. The van der Waals surface area contributed by atoms with Gasteiger partial charge in [0.05, 0.1) is 0 Å². The molecule has 0 spiro atoms. The molecule has 0 unspecified atom stereocenters. The number of benzene rings is 1. The summed E-state index contributed by atoms with van der Waals surface area (Å²) in [5, 5.41) is 0. The zero-order valence-electron chi connectivity index (χ0n) is 8.68. The first-order valence-electron chi connectivity index (χ1n) is 4.68. The first-order valence-corrected chi connectivity index (χ1v) is 5.48. The molecule has 0 saturated carbocycles. The summed E-state index contributed by atoms with van der Waals surface area (Å²) in [6, 6.07) is 6.87. The lowest BCUT2D eigenvalue weighted by Gasteiger charge is -1.98. The molecule has 0 aliphatic carbocycles. The molecule has 0 fully saturated rings. The number of alkyl halides is 3. The standard InChI is InChI=1S/C11H7BrF3NO/c1-6-9(7-3-2-4-8(12)5-7)16-10(17-6)11(13,14)15/h2-5H,1H3. The molecule has 2 aromatic rings. The molecule has 0 N–H and O–H groups in total. The number of rotatable bonds is 1. The normalized spacial score (nSPS) is 11.8. The van der Waals surface area contributed by atoms with Crippen molar-refractivity contribution in [1.29, 1.82) is 0 Å². The highest BCUT2D eigenvalue weighted by Crippen LogP contribution is 2.33. The third kappa shape index (κ3) is 2.52. The van der Waals surface area contributed by atoms with E-state index < -0.39 is 12.1 Å². The summed E-state index contributed by atoms with van der Waals surface area (Å²) < 4.78 is 42.6. The van der Waals surface area contributed by atoms with E-state index in [1.807, 2.05) is 0 Å². The van der Waals surface area contributed by atoms with Crippen molar-refractivity contribution in [3.05, 3.63) is 40.4 Å². The van der Waals surface area contributed by atoms with Crippen LogP contribution in [0.5, 0.6) is 0 Å². The SMILES string of the molecule is Cc1oc(C(F)(F)F)nc1-c1cccc(Br)c1. The van der Waals surface area contributed by atoms with Gasteiger partial charge in [-0.05, 0) is 19.1 Å². The van der Waals surface area contributed by atoms with Crippen LogP contribution in [0.15, 0.2) is 33.2 Å². The van der Waals surface area contributed by atoms with E-state index in [9.17, 15) is 13.2 Å². The second-order valence-corrected chi connectivity index (χ2v) is 4.35. The van der Waals surface area contributed by atoms with Gasteiger partial charge in [-0.15, -0.1) is 0 Å². The predicted molar refractivity (Wildman–Crippen MR) is 59.4 cm³/mol. The molecule has 90 valence electrons. The van der Waals surface area contributed by atoms with E-state index in [0.29, 0.717) is 5.56 Å². The van der Waals surface area contributed by atoms with E-state index in [-0.39, 0.29) is 11.5 Å². The Hall–Kier alpha value is -1.30. The number of aromatic nitrogens is 1.